The molecular formula is C13H22FNO. The van der Waals surface area contributed by atoms with E-state index >= 15 is 0 Å². The fourth-order valence-electron chi connectivity index (χ4n) is 1.98. The molecule has 92 valence electrons. The second-order valence-corrected chi connectivity index (χ2v) is 4.20. The van der Waals surface area contributed by atoms with Crippen molar-refractivity contribution in [3.63, 3.8) is 0 Å². The van der Waals surface area contributed by atoms with E-state index < -0.39 is 6.17 Å². The Morgan fingerprint density at radius 2 is 2.06 bits per heavy atom. The molecule has 1 saturated heterocycles. The average Bonchev–Trinajstić information content (AvgIpc) is 2.30. The third kappa shape index (κ3) is 4.35. The second kappa shape index (κ2) is 7.44. The molecule has 0 aromatic rings. The van der Waals surface area contributed by atoms with Gasteiger partial charge in [0.15, 0.2) is 0 Å². The summed E-state index contributed by atoms with van der Waals surface area (Å²) in [6, 6.07) is 0. The number of halogens is 1. The standard InChI is InChI=1S/C13H22FNO/c1-12(14)13(8-4-2-7-11-16)15-9-5-3-6-10-15/h2,4,8,12,16H,3,5-7,9-11H2,1H3/b4-2-,13-8+. The molecule has 0 aromatic carbocycles. The zero-order valence-electron chi connectivity index (χ0n) is 10.0. The number of aliphatic hydroxyl groups is 1. The van der Waals surface area contributed by atoms with Gasteiger partial charge >= 0.3 is 0 Å². The molecule has 0 aliphatic carbocycles. The predicted octanol–water partition coefficient (Wildman–Crippen LogP) is 2.65. The fraction of sp³-hybridized carbons (Fsp3) is 0.692. The molecule has 2 nitrogen and oxygen atoms in total. The largest absolute Gasteiger partial charge is 0.396 e. The Labute approximate surface area is 97.5 Å². The highest BCUT2D eigenvalue weighted by Gasteiger charge is 2.17. The molecule has 1 unspecified atom stereocenters. The van der Waals surface area contributed by atoms with Crippen molar-refractivity contribution in [1.82, 2.24) is 4.90 Å². The van der Waals surface area contributed by atoms with Crippen molar-refractivity contribution in [3.8, 4) is 0 Å². The minimum atomic E-state index is -0.920. The summed E-state index contributed by atoms with van der Waals surface area (Å²) in [6.07, 6.45) is 8.83. The number of allylic oxidation sites excluding steroid dienone is 3. The van der Waals surface area contributed by atoms with Crippen molar-refractivity contribution < 1.29 is 9.50 Å². The zero-order chi connectivity index (χ0) is 11.8. The molecule has 1 rings (SSSR count). The minimum Gasteiger partial charge on any atom is -0.396 e. The van der Waals surface area contributed by atoms with E-state index in [1.165, 1.54) is 6.42 Å². The first kappa shape index (κ1) is 13.2. The summed E-state index contributed by atoms with van der Waals surface area (Å²) in [5.74, 6) is 0. The lowest BCUT2D eigenvalue weighted by molar-refractivity contribution is 0.234. The Balaban J connectivity index is 2.58. The van der Waals surface area contributed by atoms with Gasteiger partial charge in [-0.05, 0) is 38.7 Å². The van der Waals surface area contributed by atoms with Crippen molar-refractivity contribution >= 4 is 0 Å². The normalized spacial score (nSPS) is 20.4. The number of aliphatic hydroxyl groups excluding tert-OH is 1. The monoisotopic (exact) mass is 227 g/mol. The van der Waals surface area contributed by atoms with Crippen LogP contribution in [0.25, 0.3) is 0 Å². The van der Waals surface area contributed by atoms with Crippen LogP contribution in [0.15, 0.2) is 23.9 Å². The van der Waals surface area contributed by atoms with Gasteiger partial charge in [-0.25, -0.2) is 4.39 Å². The van der Waals surface area contributed by atoms with Crippen molar-refractivity contribution in [2.45, 2.75) is 38.8 Å². The van der Waals surface area contributed by atoms with E-state index in [9.17, 15) is 4.39 Å². The lowest BCUT2D eigenvalue weighted by atomic mass is 10.1. The topological polar surface area (TPSA) is 23.5 Å². The summed E-state index contributed by atoms with van der Waals surface area (Å²) in [4.78, 5) is 2.14. The Morgan fingerprint density at radius 1 is 1.38 bits per heavy atom. The van der Waals surface area contributed by atoms with Crippen LogP contribution in [-0.4, -0.2) is 35.9 Å². The van der Waals surface area contributed by atoms with Gasteiger partial charge in [-0.2, -0.15) is 0 Å². The highest BCUT2D eigenvalue weighted by atomic mass is 19.1. The van der Waals surface area contributed by atoms with E-state index in [0.29, 0.717) is 6.42 Å². The van der Waals surface area contributed by atoms with Gasteiger partial charge in [-0.15, -0.1) is 0 Å². The van der Waals surface area contributed by atoms with E-state index in [1.54, 1.807) is 6.92 Å². The fourth-order valence-corrected chi connectivity index (χ4v) is 1.98. The molecule has 0 aromatic heterocycles. The molecule has 1 N–H and O–H groups in total. The van der Waals surface area contributed by atoms with Crippen molar-refractivity contribution in [2.24, 2.45) is 0 Å². The van der Waals surface area contributed by atoms with Gasteiger partial charge in [-0.3, -0.25) is 0 Å². The van der Waals surface area contributed by atoms with Gasteiger partial charge in [0.1, 0.15) is 6.17 Å². The minimum absolute atomic E-state index is 0.147. The van der Waals surface area contributed by atoms with Crippen LogP contribution in [-0.2, 0) is 0 Å². The molecule has 0 spiro atoms. The summed E-state index contributed by atoms with van der Waals surface area (Å²) < 4.78 is 13.5. The van der Waals surface area contributed by atoms with Crippen LogP contribution in [0.5, 0.6) is 0 Å². The number of piperidine rings is 1. The van der Waals surface area contributed by atoms with Gasteiger partial charge < -0.3 is 10.0 Å². The first-order valence-electron chi connectivity index (χ1n) is 6.12. The van der Waals surface area contributed by atoms with E-state index in [1.807, 2.05) is 18.2 Å². The molecule has 3 heteroatoms. The molecular weight excluding hydrogens is 205 g/mol. The van der Waals surface area contributed by atoms with E-state index in [2.05, 4.69) is 4.90 Å². The van der Waals surface area contributed by atoms with Gasteiger partial charge in [0.2, 0.25) is 0 Å². The Bertz CT molecular complexity index is 242. The summed E-state index contributed by atoms with van der Waals surface area (Å²) in [7, 11) is 0. The average molecular weight is 227 g/mol. The molecule has 0 radical (unpaired) electrons. The number of hydrogen-bond donors (Lipinski definition) is 1. The molecule has 1 aliphatic heterocycles. The van der Waals surface area contributed by atoms with E-state index in [-0.39, 0.29) is 6.61 Å². The lowest BCUT2D eigenvalue weighted by Crippen LogP contribution is -2.32. The van der Waals surface area contributed by atoms with Crippen LogP contribution in [0.3, 0.4) is 0 Å². The quantitative estimate of drug-likeness (QED) is 0.730. The maximum atomic E-state index is 13.5. The molecule has 1 atom stereocenters. The number of likely N-dealkylation sites (tertiary alicyclic amines) is 1. The van der Waals surface area contributed by atoms with Crippen LogP contribution in [0.4, 0.5) is 4.39 Å². The smallest absolute Gasteiger partial charge is 0.137 e. The molecule has 16 heavy (non-hydrogen) atoms. The Hall–Kier alpha value is -0.830. The number of nitrogens with zero attached hydrogens (tertiary/aromatic N) is 1. The molecule has 1 heterocycles. The van der Waals surface area contributed by atoms with Crippen LogP contribution < -0.4 is 0 Å². The molecule has 1 aliphatic rings. The summed E-state index contributed by atoms with van der Waals surface area (Å²) >= 11 is 0. The zero-order valence-corrected chi connectivity index (χ0v) is 10.0. The third-order valence-corrected chi connectivity index (χ3v) is 2.83. The van der Waals surface area contributed by atoms with Crippen molar-refractivity contribution in [2.75, 3.05) is 19.7 Å². The van der Waals surface area contributed by atoms with Gasteiger partial charge in [0, 0.05) is 25.4 Å². The van der Waals surface area contributed by atoms with Gasteiger partial charge in [0.25, 0.3) is 0 Å². The third-order valence-electron chi connectivity index (χ3n) is 2.83. The lowest BCUT2D eigenvalue weighted by Gasteiger charge is -2.31. The highest BCUT2D eigenvalue weighted by Crippen LogP contribution is 2.19. The van der Waals surface area contributed by atoms with Crippen LogP contribution in [0.2, 0.25) is 0 Å². The Kier molecular flexibility index (Phi) is 6.16. The number of rotatable bonds is 5. The number of alkyl halides is 1. The predicted molar refractivity (Wildman–Crippen MR) is 64.9 cm³/mol. The van der Waals surface area contributed by atoms with Gasteiger partial charge in [0.05, 0.1) is 0 Å². The van der Waals surface area contributed by atoms with Gasteiger partial charge in [-0.1, -0.05) is 12.2 Å². The molecule has 1 fully saturated rings. The van der Waals surface area contributed by atoms with Crippen molar-refractivity contribution in [3.05, 3.63) is 23.9 Å². The van der Waals surface area contributed by atoms with Crippen LogP contribution >= 0.6 is 0 Å². The highest BCUT2D eigenvalue weighted by molar-refractivity contribution is 5.15. The maximum Gasteiger partial charge on any atom is 0.137 e. The summed E-state index contributed by atoms with van der Waals surface area (Å²) in [5, 5.41) is 8.63. The van der Waals surface area contributed by atoms with Crippen molar-refractivity contribution in [1.29, 1.82) is 0 Å². The summed E-state index contributed by atoms with van der Waals surface area (Å²) in [5.41, 5.74) is 0.772. The van der Waals surface area contributed by atoms with E-state index in [4.69, 9.17) is 5.11 Å². The van der Waals surface area contributed by atoms with E-state index in [0.717, 1.165) is 31.6 Å². The Morgan fingerprint density at radius 3 is 2.62 bits per heavy atom. The van der Waals surface area contributed by atoms with Crippen LogP contribution in [0.1, 0.15) is 32.6 Å². The molecule has 0 amide bonds. The second-order valence-electron chi connectivity index (χ2n) is 4.20. The first-order chi connectivity index (χ1) is 7.75. The maximum absolute atomic E-state index is 13.5. The molecule has 0 bridgehead atoms. The first-order valence-corrected chi connectivity index (χ1v) is 6.12. The summed E-state index contributed by atoms with van der Waals surface area (Å²) in [6.45, 7) is 3.66. The molecule has 0 saturated carbocycles. The van der Waals surface area contributed by atoms with Crippen LogP contribution in [0, 0.1) is 0 Å². The SMILES string of the molecule is CC(F)/C(=C\C=C/CCO)N1CCCCC1. The number of hydrogen-bond acceptors (Lipinski definition) is 2.